The van der Waals surface area contributed by atoms with E-state index in [0.717, 1.165) is 66.6 Å². The molecule has 0 spiro atoms. The van der Waals surface area contributed by atoms with Crippen molar-refractivity contribution < 1.29 is 14.7 Å². The topological polar surface area (TPSA) is 104 Å². The van der Waals surface area contributed by atoms with E-state index in [1.807, 2.05) is 11.8 Å². The number of rotatable bonds is 6. The number of aryl methyl sites for hydroxylation is 2. The molecule has 4 heterocycles. The van der Waals surface area contributed by atoms with Crippen LogP contribution in [0.1, 0.15) is 58.9 Å². The lowest BCUT2D eigenvalue weighted by Gasteiger charge is -2.26. The number of imidazole rings is 1. The number of pyridine rings is 1. The zero-order valence-electron chi connectivity index (χ0n) is 22.2. The Labute approximate surface area is 223 Å². The molecule has 2 atom stereocenters. The number of amides is 2. The molecule has 9 nitrogen and oxygen atoms in total. The van der Waals surface area contributed by atoms with E-state index in [2.05, 4.69) is 45.4 Å². The Kier molecular flexibility index (Phi) is 7.58. The van der Waals surface area contributed by atoms with E-state index in [1.165, 1.54) is 6.08 Å². The highest BCUT2D eigenvalue weighted by atomic mass is 16.3. The first kappa shape index (κ1) is 26.1. The number of hydrogen-bond acceptors (Lipinski definition) is 6. The number of likely N-dealkylation sites (tertiary alicyclic amines) is 2. The van der Waals surface area contributed by atoms with E-state index in [1.54, 1.807) is 18.3 Å². The second-order valence-corrected chi connectivity index (χ2v) is 10.5. The number of nitrogens with zero attached hydrogens (tertiary/aromatic N) is 5. The first-order valence-electron chi connectivity index (χ1n) is 13.4. The van der Waals surface area contributed by atoms with Crippen molar-refractivity contribution in [2.24, 2.45) is 0 Å². The Morgan fingerprint density at radius 3 is 2.74 bits per heavy atom. The number of aliphatic hydroxyl groups excluding tert-OH is 1. The first-order valence-corrected chi connectivity index (χ1v) is 13.4. The lowest BCUT2D eigenvalue weighted by molar-refractivity contribution is -0.126. The normalized spacial score (nSPS) is 20.4. The number of β-amino-alcohol motifs (C(OH)–C–C–N with tert-alkyl or cyclic N) is 1. The summed E-state index contributed by atoms with van der Waals surface area (Å²) in [6.07, 6.45) is 6.29. The van der Waals surface area contributed by atoms with E-state index in [0.29, 0.717) is 31.1 Å². The SMILES string of the molecule is C=CC(=O)N1CCCCC(n2c(NC(=O)c3ccnc(C)c3)nc3cc(CN4CCC(O)C4)cc(C)c32)C1. The van der Waals surface area contributed by atoms with Gasteiger partial charge in [-0.3, -0.25) is 24.8 Å². The third-order valence-electron chi connectivity index (χ3n) is 7.57. The maximum absolute atomic E-state index is 13.3. The van der Waals surface area contributed by atoms with Crippen molar-refractivity contribution in [3.05, 3.63) is 65.5 Å². The lowest BCUT2D eigenvalue weighted by atomic mass is 10.1. The molecule has 2 N–H and O–H groups in total. The van der Waals surface area contributed by atoms with Crippen LogP contribution >= 0.6 is 0 Å². The van der Waals surface area contributed by atoms with Gasteiger partial charge in [-0.25, -0.2) is 4.98 Å². The summed E-state index contributed by atoms with van der Waals surface area (Å²) in [4.78, 5) is 39.1. The number of aromatic nitrogens is 3. The molecular weight excluding hydrogens is 480 g/mol. The second-order valence-electron chi connectivity index (χ2n) is 10.5. The van der Waals surface area contributed by atoms with Gasteiger partial charge in [0.05, 0.1) is 23.2 Å². The fraction of sp³-hybridized carbons (Fsp3) is 0.448. The predicted octanol–water partition coefficient (Wildman–Crippen LogP) is 3.61. The van der Waals surface area contributed by atoms with Gasteiger partial charge >= 0.3 is 0 Å². The minimum atomic E-state index is -0.269. The van der Waals surface area contributed by atoms with Crippen LogP contribution in [0.4, 0.5) is 5.95 Å². The van der Waals surface area contributed by atoms with Crippen molar-refractivity contribution in [1.29, 1.82) is 0 Å². The summed E-state index contributed by atoms with van der Waals surface area (Å²) in [6, 6.07) is 7.66. The van der Waals surface area contributed by atoms with Crippen LogP contribution in [0.25, 0.3) is 11.0 Å². The molecule has 0 radical (unpaired) electrons. The Hall–Kier alpha value is -3.56. The molecule has 2 fully saturated rings. The fourth-order valence-corrected chi connectivity index (χ4v) is 5.78. The Balaban J connectivity index is 1.55. The molecule has 2 amide bonds. The van der Waals surface area contributed by atoms with Crippen LogP contribution < -0.4 is 5.32 Å². The first-order chi connectivity index (χ1) is 18.3. The molecule has 2 unspecified atom stereocenters. The van der Waals surface area contributed by atoms with Gasteiger partial charge < -0.3 is 14.6 Å². The van der Waals surface area contributed by atoms with Gasteiger partial charge in [0.1, 0.15) is 0 Å². The minimum absolute atomic E-state index is 0.0424. The number of benzene rings is 1. The molecular formula is C29H36N6O3. The summed E-state index contributed by atoms with van der Waals surface area (Å²) in [6.45, 7) is 11.1. The van der Waals surface area contributed by atoms with Crippen LogP contribution in [-0.2, 0) is 11.3 Å². The van der Waals surface area contributed by atoms with Crippen LogP contribution in [0.2, 0.25) is 0 Å². The number of anilines is 1. The van der Waals surface area contributed by atoms with Gasteiger partial charge in [0.15, 0.2) is 0 Å². The molecule has 5 rings (SSSR count). The van der Waals surface area contributed by atoms with Crippen LogP contribution in [0, 0.1) is 13.8 Å². The van der Waals surface area contributed by atoms with E-state index in [4.69, 9.17) is 4.98 Å². The Morgan fingerprint density at radius 1 is 1.16 bits per heavy atom. The zero-order chi connectivity index (χ0) is 26.8. The molecule has 0 saturated carbocycles. The molecule has 3 aromatic rings. The molecule has 1 aromatic carbocycles. The highest BCUT2D eigenvalue weighted by Gasteiger charge is 2.28. The third kappa shape index (κ3) is 5.49. The van der Waals surface area contributed by atoms with E-state index < -0.39 is 0 Å². The largest absolute Gasteiger partial charge is 0.392 e. The summed E-state index contributed by atoms with van der Waals surface area (Å²) >= 11 is 0. The molecule has 2 aliphatic heterocycles. The number of carbonyl (C=O) groups is 2. The summed E-state index contributed by atoms with van der Waals surface area (Å²) in [5, 5.41) is 13.0. The van der Waals surface area contributed by atoms with Crippen molar-refractivity contribution >= 4 is 28.8 Å². The third-order valence-corrected chi connectivity index (χ3v) is 7.57. The molecule has 0 aliphatic carbocycles. The smallest absolute Gasteiger partial charge is 0.258 e. The van der Waals surface area contributed by atoms with E-state index in [9.17, 15) is 14.7 Å². The monoisotopic (exact) mass is 516 g/mol. The van der Waals surface area contributed by atoms with Crippen molar-refractivity contribution in [1.82, 2.24) is 24.3 Å². The number of hydrogen-bond donors (Lipinski definition) is 2. The maximum atomic E-state index is 13.3. The fourth-order valence-electron chi connectivity index (χ4n) is 5.78. The average molecular weight is 517 g/mol. The summed E-state index contributed by atoms with van der Waals surface area (Å²) in [5.41, 5.74) is 5.25. The standard InChI is InChI=1S/C29H36N6O3/c1-4-26(37)34-11-6-5-7-23(17-34)35-27-19(2)13-21(16-33-12-9-24(36)18-33)15-25(27)31-29(35)32-28(38)22-8-10-30-20(3)14-22/h4,8,10,13-15,23-24,36H,1,5-7,9,11-12,16-18H2,2-3H3,(H,31,32,38). The van der Waals surface area contributed by atoms with Gasteiger partial charge in [-0.15, -0.1) is 0 Å². The van der Waals surface area contributed by atoms with Crippen LogP contribution in [-0.4, -0.2) is 73.5 Å². The zero-order valence-corrected chi connectivity index (χ0v) is 22.2. The van der Waals surface area contributed by atoms with Crippen LogP contribution in [0.5, 0.6) is 0 Å². The molecule has 2 saturated heterocycles. The molecule has 9 heteroatoms. The maximum Gasteiger partial charge on any atom is 0.258 e. The van der Waals surface area contributed by atoms with E-state index in [-0.39, 0.29) is 24.0 Å². The molecule has 200 valence electrons. The van der Waals surface area contributed by atoms with Gasteiger partial charge in [0.2, 0.25) is 11.9 Å². The molecule has 2 aliphatic rings. The Morgan fingerprint density at radius 2 is 2.00 bits per heavy atom. The average Bonchev–Trinajstić information content (AvgIpc) is 3.36. The number of carbonyl (C=O) groups excluding carboxylic acids is 2. The van der Waals surface area contributed by atoms with Gasteiger partial charge in [0, 0.05) is 50.2 Å². The highest BCUT2D eigenvalue weighted by molar-refractivity contribution is 6.04. The van der Waals surface area contributed by atoms with Crippen molar-refractivity contribution in [2.75, 3.05) is 31.5 Å². The van der Waals surface area contributed by atoms with E-state index >= 15 is 0 Å². The second kappa shape index (κ2) is 11.0. The molecule has 2 aromatic heterocycles. The number of fused-ring (bicyclic) bond motifs is 1. The van der Waals surface area contributed by atoms with Gasteiger partial charge in [-0.2, -0.15) is 0 Å². The number of aliphatic hydroxyl groups is 1. The lowest BCUT2D eigenvalue weighted by Crippen LogP contribution is -2.34. The molecule has 38 heavy (non-hydrogen) atoms. The molecule has 0 bridgehead atoms. The Bertz CT molecular complexity index is 1370. The summed E-state index contributed by atoms with van der Waals surface area (Å²) < 4.78 is 2.12. The van der Waals surface area contributed by atoms with Gasteiger partial charge in [0.25, 0.3) is 5.91 Å². The minimum Gasteiger partial charge on any atom is -0.392 e. The summed E-state index contributed by atoms with van der Waals surface area (Å²) in [7, 11) is 0. The van der Waals surface area contributed by atoms with Crippen molar-refractivity contribution in [3.63, 3.8) is 0 Å². The van der Waals surface area contributed by atoms with Gasteiger partial charge in [-0.05, 0) is 74.9 Å². The highest BCUT2D eigenvalue weighted by Crippen LogP contribution is 2.33. The van der Waals surface area contributed by atoms with Crippen molar-refractivity contribution in [2.45, 2.75) is 58.2 Å². The summed E-state index contributed by atoms with van der Waals surface area (Å²) in [5.74, 6) is 0.156. The number of nitrogens with one attached hydrogen (secondary N) is 1. The van der Waals surface area contributed by atoms with Crippen LogP contribution in [0.3, 0.4) is 0 Å². The predicted molar refractivity (Wildman–Crippen MR) is 147 cm³/mol. The quantitative estimate of drug-likeness (QED) is 0.485. The van der Waals surface area contributed by atoms with Crippen LogP contribution in [0.15, 0.2) is 43.1 Å². The van der Waals surface area contributed by atoms with Gasteiger partial charge in [-0.1, -0.05) is 12.6 Å². The van der Waals surface area contributed by atoms with Crippen molar-refractivity contribution in [3.8, 4) is 0 Å².